The molecule has 2 unspecified atom stereocenters. The Morgan fingerprint density at radius 3 is 2.80 bits per heavy atom. The quantitative estimate of drug-likeness (QED) is 0.664. The first-order chi connectivity index (χ1) is 4.77. The van der Waals surface area contributed by atoms with E-state index in [0.717, 1.165) is 11.7 Å². The lowest BCUT2D eigenvalue weighted by Gasteiger charge is -1.83. The van der Waals surface area contributed by atoms with Gasteiger partial charge in [-0.15, -0.1) is 0 Å². The molecule has 1 aromatic rings. The highest BCUT2D eigenvalue weighted by molar-refractivity contribution is 7.09. The molecule has 2 atom stereocenters. The first-order valence-electron chi connectivity index (χ1n) is 3.36. The second kappa shape index (κ2) is 1.92. The van der Waals surface area contributed by atoms with Crippen LogP contribution in [-0.2, 0) is 0 Å². The van der Waals surface area contributed by atoms with E-state index < -0.39 is 0 Å². The fraction of sp³-hybridized carbons (Fsp3) is 0.667. The van der Waals surface area contributed by atoms with E-state index in [1.54, 1.807) is 0 Å². The lowest BCUT2D eigenvalue weighted by Crippen LogP contribution is -1.86. The van der Waals surface area contributed by atoms with Gasteiger partial charge in [-0.25, -0.2) is 4.98 Å². The van der Waals surface area contributed by atoms with Crippen molar-refractivity contribution in [3.05, 3.63) is 5.82 Å². The molecule has 1 saturated carbocycles. The SMILES string of the molecule is CC1CC1c1nsc(N)n1. The van der Waals surface area contributed by atoms with Crippen LogP contribution in [0.2, 0.25) is 0 Å². The molecule has 2 rings (SSSR count). The summed E-state index contributed by atoms with van der Waals surface area (Å²) in [4.78, 5) is 4.11. The maximum Gasteiger partial charge on any atom is 0.199 e. The Morgan fingerprint density at radius 2 is 2.40 bits per heavy atom. The van der Waals surface area contributed by atoms with Crippen molar-refractivity contribution < 1.29 is 0 Å². The molecule has 3 nitrogen and oxygen atoms in total. The molecule has 0 aliphatic heterocycles. The Labute approximate surface area is 63.4 Å². The minimum absolute atomic E-state index is 0.592. The molecule has 10 heavy (non-hydrogen) atoms. The zero-order valence-electron chi connectivity index (χ0n) is 5.74. The van der Waals surface area contributed by atoms with Crippen LogP contribution in [0.1, 0.15) is 25.1 Å². The highest BCUT2D eigenvalue weighted by Crippen LogP contribution is 2.45. The minimum Gasteiger partial charge on any atom is -0.374 e. The number of nitrogen functional groups attached to an aromatic ring is 1. The molecule has 0 bridgehead atoms. The van der Waals surface area contributed by atoms with Crippen molar-refractivity contribution in [3.8, 4) is 0 Å². The van der Waals surface area contributed by atoms with Crippen LogP contribution >= 0.6 is 11.5 Å². The summed E-state index contributed by atoms with van der Waals surface area (Å²) in [7, 11) is 0. The fourth-order valence-electron chi connectivity index (χ4n) is 1.08. The molecular weight excluding hydrogens is 146 g/mol. The van der Waals surface area contributed by atoms with Gasteiger partial charge in [0, 0.05) is 17.5 Å². The summed E-state index contributed by atoms with van der Waals surface area (Å²) >= 11 is 1.29. The van der Waals surface area contributed by atoms with Crippen LogP contribution in [0.15, 0.2) is 0 Å². The zero-order valence-corrected chi connectivity index (χ0v) is 6.56. The second-order valence-electron chi connectivity index (χ2n) is 2.81. The summed E-state index contributed by atoms with van der Waals surface area (Å²) in [5, 5.41) is 0.592. The Kier molecular flexibility index (Phi) is 1.17. The number of hydrogen-bond donors (Lipinski definition) is 1. The van der Waals surface area contributed by atoms with Gasteiger partial charge in [-0.05, 0) is 12.3 Å². The van der Waals surface area contributed by atoms with Crippen molar-refractivity contribution in [3.63, 3.8) is 0 Å². The van der Waals surface area contributed by atoms with E-state index in [-0.39, 0.29) is 0 Å². The summed E-state index contributed by atoms with van der Waals surface area (Å²) in [5.74, 6) is 2.33. The number of nitrogens with two attached hydrogens (primary N) is 1. The molecule has 54 valence electrons. The zero-order chi connectivity index (χ0) is 7.14. The van der Waals surface area contributed by atoms with E-state index in [2.05, 4.69) is 16.3 Å². The molecule has 0 saturated heterocycles. The minimum atomic E-state index is 0.592. The third-order valence-corrected chi connectivity index (χ3v) is 2.46. The Balaban J connectivity index is 2.20. The summed E-state index contributed by atoms with van der Waals surface area (Å²) < 4.78 is 4.13. The van der Waals surface area contributed by atoms with Crippen molar-refractivity contribution >= 4 is 16.7 Å². The number of nitrogens with zero attached hydrogens (tertiary/aromatic N) is 2. The lowest BCUT2D eigenvalue weighted by atomic mass is 10.3. The Hall–Kier alpha value is -0.640. The van der Waals surface area contributed by atoms with Gasteiger partial charge in [0.15, 0.2) is 5.13 Å². The number of aromatic nitrogens is 2. The van der Waals surface area contributed by atoms with Crippen molar-refractivity contribution in [2.45, 2.75) is 19.3 Å². The largest absolute Gasteiger partial charge is 0.374 e. The predicted molar refractivity (Wildman–Crippen MR) is 40.8 cm³/mol. The van der Waals surface area contributed by atoms with Gasteiger partial charge in [-0.3, -0.25) is 0 Å². The maximum absolute atomic E-state index is 5.43. The summed E-state index contributed by atoms with van der Waals surface area (Å²) in [6.07, 6.45) is 1.23. The maximum atomic E-state index is 5.43. The third-order valence-electron chi connectivity index (χ3n) is 1.90. The highest BCUT2D eigenvalue weighted by Gasteiger charge is 2.37. The first kappa shape index (κ1) is 6.09. The molecule has 0 amide bonds. The van der Waals surface area contributed by atoms with E-state index in [1.807, 2.05) is 0 Å². The standard InChI is InChI=1S/C6H9N3S/c1-3-2-4(3)5-8-6(7)10-9-5/h3-4H,2H2,1H3,(H2,7,8,9). The van der Waals surface area contributed by atoms with Crippen LogP contribution in [0.3, 0.4) is 0 Å². The molecule has 0 aromatic carbocycles. The van der Waals surface area contributed by atoms with E-state index in [4.69, 9.17) is 5.73 Å². The molecule has 1 aromatic heterocycles. The Bertz CT molecular complexity index is 245. The van der Waals surface area contributed by atoms with Gasteiger partial charge >= 0.3 is 0 Å². The van der Waals surface area contributed by atoms with E-state index in [0.29, 0.717) is 11.0 Å². The molecule has 1 heterocycles. The number of rotatable bonds is 1. The fourth-order valence-corrected chi connectivity index (χ4v) is 1.58. The van der Waals surface area contributed by atoms with E-state index in [1.165, 1.54) is 18.0 Å². The van der Waals surface area contributed by atoms with Crippen molar-refractivity contribution in [2.75, 3.05) is 5.73 Å². The van der Waals surface area contributed by atoms with E-state index >= 15 is 0 Å². The molecular formula is C6H9N3S. The molecule has 1 aliphatic rings. The van der Waals surface area contributed by atoms with Gasteiger partial charge in [0.1, 0.15) is 5.82 Å². The average Bonchev–Trinajstić information content (AvgIpc) is 2.42. The second-order valence-corrected chi connectivity index (χ2v) is 3.59. The molecule has 2 N–H and O–H groups in total. The average molecular weight is 155 g/mol. The Morgan fingerprint density at radius 1 is 1.70 bits per heavy atom. The van der Waals surface area contributed by atoms with Gasteiger partial charge in [0.2, 0.25) is 0 Å². The van der Waals surface area contributed by atoms with Crippen LogP contribution in [-0.4, -0.2) is 9.36 Å². The van der Waals surface area contributed by atoms with Gasteiger partial charge in [-0.1, -0.05) is 6.92 Å². The molecule has 1 aliphatic carbocycles. The smallest absolute Gasteiger partial charge is 0.199 e. The van der Waals surface area contributed by atoms with Crippen LogP contribution in [0.4, 0.5) is 5.13 Å². The number of hydrogen-bond acceptors (Lipinski definition) is 4. The van der Waals surface area contributed by atoms with Gasteiger partial charge in [0.05, 0.1) is 0 Å². The van der Waals surface area contributed by atoms with Crippen LogP contribution in [0.25, 0.3) is 0 Å². The van der Waals surface area contributed by atoms with Crippen molar-refractivity contribution in [2.24, 2.45) is 5.92 Å². The highest BCUT2D eigenvalue weighted by atomic mass is 32.1. The number of anilines is 1. The first-order valence-corrected chi connectivity index (χ1v) is 4.14. The van der Waals surface area contributed by atoms with Crippen molar-refractivity contribution in [1.29, 1.82) is 0 Å². The summed E-state index contributed by atoms with van der Waals surface area (Å²) in [5.41, 5.74) is 5.43. The molecule has 4 heteroatoms. The third kappa shape index (κ3) is 0.883. The normalized spacial score (nSPS) is 30.5. The van der Waals surface area contributed by atoms with Crippen molar-refractivity contribution in [1.82, 2.24) is 9.36 Å². The molecule has 0 radical (unpaired) electrons. The summed E-state index contributed by atoms with van der Waals surface area (Å²) in [6.45, 7) is 2.21. The summed E-state index contributed by atoms with van der Waals surface area (Å²) in [6, 6.07) is 0. The topological polar surface area (TPSA) is 51.8 Å². The van der Waals surface area contributed by atoms with Gasteiger partial charge in [0.25, 0.3) is 0 Å². The van der Waals surface area contributed by atoms with Gasteiger partial charge in [-0.2, -0.15) is 4.37 Å². The molecule has 1 fully saturated rings. The molecule has 0 spiro atoms. The van der Waals surface area contributed by atoms with Crippen LogP contribution < -0.4 is 5.73 Å². The monoisotopic (exact) mass is 155 g/mol. The van der Waals surface area contributed by atoms with Gasteiger partial charge < -0.3 is 5.73 Å². The van der Waals surface area contributed by atoms with E-state index in [9.17, 15) is 0 Å². The lowest BCUT2D eigenvalue weighted by molar-refractivity contribution is 0.868. The van der Waals surface area contributed by atoms with Crippen LogP contribution in [0.5, 0.6) is 0 Å². The predicted octanol–water partition coefficient (Wildman–Crippen LogP) is 1.24. The van der Waals surface area contributed by atoms with Crippen LogP contribution in [0, 0.1) is 5.92 Å².